The van der Waals surface area contributed by atoms with Gasteiger partial charge in [-0.3, -0.25) is 0 Å². The fourth-order valence-corrected chi connectivity index (χ4v) is 7.50. The maximum atomic E-state index is 10.2. The number of allylic oxidation sites excluding steroid dienone is 1. The third-order valence-electron chi connectivity index (χ3n) is 5.99. The predicted octanol–water partition coefficient (Wildman–Crippen LogP) is 6.37. The molecule has 0 aliphatic heterocycles. The molecule has 2 aliphatic rings. The zero-order valence-electron chi connectivity index (χ0n) is 16.0. The first-order chi connectivity index (χ1) is 11.7. The predicted molar refractivity (Wildman–Crippen MR) is 112 cm³/mol. The van der Waals surface area contributed by atoms with Gasteiger partial charge in [0.25, 0.3) is 0 Å². The molecule has 2 fully saturated rings. The summed E-state index contributed by atoms with van der Waals surface area (Å²) in [5.41, 5.74) is 0. The Labute approximate surface area is 158 Å². The molecule has 1 N–H and O–H groups in total. The zero-order valence-corrected chi connectivity index (χ0v) is 17.6. The lowest BCUT2D eigenvalue weighted by Gasteiger charge is -2.32. The summed E-state index contributed by atoms with van der Waals surface area (Å²) in [5.74, 6) is 5.93. The van der Waals surface area contributed by atoms with Gasteiger partial charge in [0.05, 0.1) is 10.7 Å². The van der Waals surface area contributed by atoms with Crippen LogP contribution in [0.2, 0.25) is 0 Å². The van der Waals surface area contributed by atoms with Crippen molar-refractivity contribution in [3.8, 4) is 0 Å². The topological polar surface area (TPSA) is 20.2 Å². The second kappa shape index (κ2) is 11.2. The Kier molecular flexibility index (Phi) is 9.65. The average molecular weight is 371 g/mol. The summed E-state index contributed by atoms with van der Waals surface area (Å²) in [7, 11) is 0. The molecule has 0 aromatic heterocycles. The molecule has 3 heteroatoms. The second-order valence-corrected chi connectivity index (χ2v) is 10.9. The van der Waals surface area contributed by atoms with Crippen molar-refractivity contribution < 1.29 is 5.11 Å². The monoisotopic (exact) mass is 370 g/mol. The van der Waals surface area contributed by atoms with Gasteiger partial charge in [-0.15, -0.1) is 23.5 Å². The van der Waals surface area contributed by atoms with Gasteiger partial charge < -0.3 is 5.11 Å². The van der Waals surface area contributed by atoms with Gasteiger partial charge in [-0.1, -0.05) is 52.2 Å². The highest BCUT2D eigenvalue weighted by molar-refractivity contribution is 8.16. The Morgan fingerprint density at radius 2 is 1.75 bits per heavy atom. The van der Waals surface area contributed by atoms with Gasteiger partial charge in [-0.2, -0.15) is 0 Å². The van der Waals surface area contributed by atoms with Gasteiger partial charge in [0.2, 0.25) is 0 Å². The summed E-state index contributed by atoms with van der Waals surface area (Å²) in [4.78, 5) is 0. The van der Waals surface area contributed by atoms with Crippen LogP contribution in [0.1, 0.15) is 72.1 Å². The molecule has 5 atom stereocenters. The molecule has 0 spiro atoms. The molecule has 24 heavy (non-hydrogen) atoms. The third-order valence-corrected chi connectivity index (χ3v) is 8.60. The van der Waals surface area contributed by atoms with E-state index in [4.69, 9.17) is 0 Å². The maximum Gasteiger partial charge on any atom is 0.0721 e. The van der Waals surface area contributed by atoms with Gasteiger partial charge >= 0.3 is 0 Å². The number of unbranched alkanes of at least 4 members (excludes halogenated alkanes) is 2. The molecule has 2 saturated carbocycles. The lowest BCUT2D eigenvalue weighted by Crippen LogP contribution is -2.24. The Morgan fingerprint density at radius 1 is 1.04 bits per heavy atom. The zero-order chi connectivity index (χ0) is 17.4. The van der Waals surface area contributed by atoms with E-state index in [1.54, 1.807) is 0 Å². The number of rotatable bonds is 12. The largest absolute Gasteiger partial charge is 0.389 e. The van der Waals surface area contributed by atoms with Crippen LogP contribution in [-0.4, -0.2) is 27.3 Å². The summed E-state index contributed by atoms with van der Waals surface area (Å²) < 4.78 is 0.773. The van der Waals surface area contributed by atoms with E-state index in [0.29, 0.717) is 0 Å². The fourth-order valence-electron chi connectivity index (χ4n) is 4.84. The summed E-state index contributed by atoms with van der Waals surface area (Å²) in [6.07, 6.45) is 14.6. The molecular formula is C21H38OS2. The molecule has 1 nitrogen and oxygen atoms in total. The normalized spacial score (nSPS) is 30.7. The van der Waals surface area contributed by atoms with Crippen LogP contribution in [0.4, 0.5) is 0 Å². The second-order valence-electron chi connectivity index (χ2n) is 7.60. The number of fused-ring (bicyclic) bond motifs is 2. The molecule has 2 rings (SSSR count). The quantitative estimate of drug-likeness (QED) is 0.245. The van der Waals surface area contributed by atoms with E-state index in [0.717, 1.165) is 41.1 Å². The number of hydrogen-bond acceptors (Lipinski definition) is 3. The van der Waals surface area contributed by atoms with Crippen molar-refractivity contribution in [2.45, 2.75) is 82.8 Å². The van der Waals surface area contributed by atoms with E-state index in [2.05, 4.69) is 56.4 Å². The molecule has 2 aliphatic carbocycles. The van der Waals surface area contributed by atoms with E-state index in [1.165, 1.54) is 50.0 Å². The third kappa shape index (κ3) is 5.99. The van der Waals surface area contributed by atoms with E-state index < -0.39 is 0 Å². The SMILES string of the molecule is CCCCCC(O)/C=C/[C@@H]1[C@H]2CC[C@H](C2)[C@H]1CC(SCC)SCC. The van der Waals surface area contributed by atoms with Crippen molar-refractivity contribution in [3.63, 3.8) is 0 Å². The Morgan fingerprint density at radius 3 is 2.42 bits per heavy atom. The highest BCUT2D eigenvalue weighted by atomic mass is 32.2. The van der Waals surface area contributed by atoms with Crippen LogP contribution in [-0.2, 0) is 0 Å². The minimum atomic E-state index is -0.220. The Balaban J connectivity index is 1.91. The fraction of sp³-hybridized carbons (Fsp3) is 0.905. The number of hydrogen-bond donors (Lipinski definition) is 1. The maximum absolute atomic E-state index is 10.2. The van der Waals surface area contributed by atoms with Crippen LogP contribution in [0, 0.1) is 23.7 Å². The van der Waals surface area contributed by atoms with Crippen molar-refractivity contribution in [1.82, 2.24) is 0 Å². The van der Waals surface area contributed by atoms with Crippen LogP contribution >= 0.6 is 23.5 Å². The lowest BCUT2D eigenvalue weighted by atomic mass is 9.77. The van der Waals surface area contributed by atoms with Gasteiger partial charge in [-0.25, -0.2) is 0 Å². The summed E-state index contributed by atoms with van der Waals surface area (Å²) in [6.45, 7) is 6.80. The van der Waals surface area contributed by atoms with E-state index >= 15 is 0 Å². The van der Waals surface area contributed by atoms with Gasteiger partial charge in [-0.05, 0) is 67.3 Å². The molecular weight excluding hydrogens is 332 g/mol. The van der Waals surface area contributed by atoms with Crippen molar-refractivity contribution >= 4 is 23.5 Å². The Bertz CT molecular complexity index is 365. The summed E-state index contributed by atoms with van der Waals surface area (Å²) >= 11 is 4.29. The van der Waals surface area contributed by atoms with Crippen molar-refractivity contribution in [3.05, 3.63) is 12.2 Å². The summed E-state index contributed by atoms with van der Waals surface area (Å²) in [5, 5.41) is 10.2. The molecule has 0 heterocycles. The molecule has 2 bridgehead atoms. The number of thioether (sulfide) groups is 2. The first-order valence-electron chi connectivity index (χ1n) is 10.3. The van der Waals surface area contributed by atoms with Crippen molar-refractivity contribution in [2.24, 2.45) is 23.7 Å². The molecule has 0 saturated heterocycles. The van der Waals surface area contributed by atoms with Crippen LogP contribution < -0.4 is 0 Å². The van der Waals surface area contributed by atoms with Gasteiger partial charge in [0.1, 0.15) is 0 Å². The molecule has 140 valence electrons. The van der Waals surface area contributed by atoms with E-state index in [1.807, 2.05) is 0 Å². The van der Waals surface area contributed by atoms with Gasteiger partial charge in [0, 0.05) is 0 Å². The van der Waals surface area contributed by atoms with E-state index in [9.17, 15) is 5.11 Å². The average Bonchev–Trinajstić information content (AvgIpc) is 3.15. The molecule has 0 amide bonds. The molecule has 0 radical (unpaired) electrons. The van der Waals surface area contributed by atoms with Crippen LogP contribution in [0.15, 0.2) is 12.2 Å². The Hall–Kier alpha value is 0.400. The standard InChI is InChI=1S/C21H38OS2/c1-4-7-8-9-18(22)12-13-19-16-10-11-17(14-16)20(19)15-21(23-5-2)24-6-3/h12-13,16-22H,4-11,14-15H2,1-3H3/b13-12+/t16-,17+,18?,19+,20+/m0/s1. The minimum absolute atomic E-state index is 0.220. The molecule has 1 unspecified atom stereocenters. The number of aliphatic hydroxyl groups is 1. The number of aliphatic hydroxyl groups excluding tert-OH is 1. The minimum Gasteiger partial charge on any atom is -0.389 e. The highest BCUT2D eigenvalue weighted by Gasteiger charge is 2.46. The van der Waals surface area contributed by atoms with Gasteiger partial charge in [0.15, 0.2) is 0 Å². The first kappa shape index (κ1) is 20.7. The molecule has 0 aromatic rings. The van der Waals surface area contributed by atoms with Crippen LogP contribution in [0.5, 0.6) is 0 Å². The van der Waals surface area contributed by atoms with Crippen molar-refractivity contribution in [1.29, 1.82) is 0 Å². The first-order valence-corrected chi connectivity index (χ1v) is 12.4. The van der Waals surface area contributed by atoms with Crippen LogP contribution in [0.25, 0.3) is 0 Å². The van der Waals surface area contributed by atoms with Crippen molar-refractivity contribution in [2.75, 3.05) is 11.5 Å². The lowest BCUT2D eigenvalue weighted by molar-refractivity contribution is 0.204. The van der Waals surface area contributed by atoms with Crippen LogP contribution in [0.3, 0.4) is 0 Å². The summed E-state index contributed by atoms with van der Waals surface area (Å²) in [6, 6.07) is 0. The van der Waals surface area contributed by atoms with E-state index in [-0.39, 0.29) is 6.10 Å². The smallest absolute Gasteiger partial charge is 0.0721 e. The highest BCUT2D eigenvalue weighted by Crippen LogP contribution is 2.55. The molecule has 0 aromatic carbocycles.